The Kier molecular flexibility index (Phi) is 14.7. The van der Waals surface area contributed by atoms with E-state index in [1.807, 2.05) is 38.3 Å². The van der Waals surface area contributed by atoms with Crippen molar-refractivity contribution in [2.45, 2.75) is 105 Å². The number of carbonyl (C=O) groups excluding carboxylic acids is 3. The van der Waals surface area contributed by atoms with Crippen molar-refractivity contribution in [2.75, 3.05) is 25.1 Å². The minimum Gasteiger partial charge on any atom is -0.444 e. The topological polar surface area (TPSA) is 87.7 Å². The van der Waals surface area contributed by atoms with Crippen LogP contribution in [-0.4, -0.2) is 59.5 Å². The van der Waals surface area contributed by atoms with Crippen molar-refractivity contribution in [3.05, 3.63) is 34.9 Å². The molecule has 210 valence electrons. The van der Waals surface area contributed by atoms with Gasteiger partial charge in [-0.15, -0.1) is 0 Å². The van der Waals surface area contributed by atoms with E-state index < -0.39 is 23.8 Å². The van der Waals surface area contributed by atoms with E-state index in [1.165, 1.54) is 0 Å². The van der Waals surface area contributed by atoms with Crippen LogP contribution in [0, 0.1) is 13.8 Å². The van der Waals surface area contributed by atoms with E-state index in [0.717, 1.165) is 48.8 Å². The Morgan fingerprint density at radius 1 is 1.05 bits per heavy atom. The molecule has 0 saturated heterocycles. The van der Waals surface area contributed by atoms with Crippen molar-refractivity contribution in [1.82, 2.24) is 15.5 Å². The van der Waals surface area contributed by atoms with Crippen LogP contribution < -0.4 is 10.6 Å². The predicted octanol–water partition coefficient (Wildman–Crippen LogP) is 5.93. The lowest BCUT2D eigenvalue weighted by atomic mass is 9.95. The first kappa shape index (κ1) is 32.8. The predicted molar refractivity (Wildman–Crippen MR) is 154 cm³/mol. The minimum absolute atomic E-state index is 0.187. The van der Waals surface area contributed by atoms with E-state index in [9.17, 15) is 14.4 Å². The van der Waals surface area contributed by atoms with Crippen LogP contribution in [0.3, 0.4) is 0 Å². The maximum atomic E-state index is 14.2. The highest BCUT2D eigenvalue weighted by molar-refractivity contribution is 7.98. The summed E-state index contributed by atoms with van der Waals surface area (Å²) in [6.07, 6.45) is 6.31. The van der Waals surface area contributed by atoms with Crippen LogP contribution in [0.2, 0.25) is 0 Å². The molecule has 0 aliphatic heterocycles. The molecule has 1 aromatic carbocycles. The lowest BCUT2D eigenvalue weighted by Crippen LogP contribution is -2.53. The summed E-state index contributed by atoms with van der Waals surface area (Å²) in [4.78, 5) is 42.2. The summed E-state index contributed by atoms with van der Waals surface area (Å²) in [5, 5.41) is 5.86. The van der Waals surface area contributed by atoms with E-state index in [4.69, 9.17) is 4.74 Å². The molecule has 0 heterocycles. The number of nitrogens with one attached hydrogen (secondary N) is 2. The van der Waals surface area contributed by atoms with Gasteiger partial charge in [0.2, 0.25) is 11.8 Å². The Morgan fingerprint density at radius 2 is 1.73 bits per heavy atom. The van der Waals surface area contributed by atoms with Gasteiger partial charge in [-0.1, -0.05) is 56.9 Å². The van der Waals surface area contributed by atoms with Gasteiger partial charge < -0.3 is 20.3 Å². The van der Waals surface area contributed by atoms with Gasteiger partial charge in [0, 0.05) is 13.1 Å². The Labute approximate surface area is 228 Å². The van der Waals surface area contributed by atoms with Gasteiger partial charge in [0.1, 0.15) is 17.7 Å². The third-order valence-electron chi connectivity index (χ3n) is 6.00. The van der Waals surface area contributed by atoms with Crippen molar-refractivity contribution in [2.24, 2.45) is 0 Å². The van der Waals surface area contributed by atoms with Gasteiger partial charge >= 0.3 is 6.09 Å². The normalized spacial score (nSPS) is 13.0. The van der Waals surface area contributed by atoms with Crippen LogP contribution >= 0.6 is 11.8 Å². The molecule has 2 atom stereocenters. The molecule has 0 aliphatic carbocycles. The molecule has 0 aromatic heterocycles. The molecule has 0 radical (unpaired) electrons. The maximum Gasteiger partial charge on any atom is 0.408 e. The fourth-order valence-electron chi connectivity index (χ4n) is 4.03. The second kappa shape index (κ2) is 16.6. The first-order valence-electron chi connectivity index (χ1n) is 13.6. The van der Waals surface area contributed by atoms with Crippen LogP contribution in [0.1, 0.15) is 95.9 Å². The zero-order valence-electron chi connectivity index (χ0n) is 24.2. The van der Waals surface area contributed by atoms with Crippen molar-refractivity contribution in [1.29, 1.82) is 0 Å². The quantitative estimate of drug-likeness (QED) is 0.272. The average Bonchev–Trinajstić information content (AvgIpc) is 2.81. The number of unbranched alkanes of at least 4 members (excludes halogenated alkanes) is 3. The highest BCUT2D eigenvalue weighted by Gasteiger charge is 2.36. The van der Waals surface area contributed by atoms with Gasteiger partial charge in [-0.05, 0) is 77.0 Å². The number of ether oxygens (including phenoxy) is 1. The van der Waals surface area contributed by atoms with Crippen LogP contribution in [0.5, 0.6) is 0 Å². The summed E-state index contributed by atoms with van der Waals surface area (Å²) in [5.74, 6) is 0.242. The summed E-state index contributed by atoms with van der Waals surface area (Å²) in [6, 6.07) is 4.44. The number of nitrogens with zero attached hydrogens (tertiary/aromatic N) is 1. The van der Waals surface area contributed by atoms with Crippen molar-refractivity contribution < 1.29 is 19.1 Å². The average molecular weight is 536 g/mol. The highest BCUT2D eigenvalue weighted by atomic mass is 32.2. The Balaban J connectivity index is 3.49. The lowest BCUT2D eigenvalue weighted by Gasteiger charge is -2.35. The largest absolute Gasteiger partial charge is 0.444 e. The summed E-state index contributed by atoms with van der Waals surface area (Å²) >= 11 is 1.61. The second-order valence-electron chi connectivity index (χ2n) is 10.6. The molecule has 3 amide bonds. The van der Waals surface area contributed by atoms with Gasteiger partial charge in [-0.2, -0.15) is 11.8 Å². The third kappa shape index (κ3) is 11.8. The molecule has 2 unspecified atom stereocenters. The molecular formula is C29H49N3O4S. The van der Waals surface area contributed by atoms with Gasteiger partial charge in [0.05, 0.1) is 0 Å². The summed E-state index contributed by atoms with van der Waals surface area (Å²) in [7, 11) is 0. The number of hydrogen-bond donors (Lipinski definition) is 2. The Bertz CT molecular complexity index is 869. The first-order chi connectivity index (χ1) is 17.4. The number of hydrogen-bond acceptors (Lipinski definition) is 5. The second-order valence-corrected chi connectivity index (χ2v) is 11.6. The third-order valence-corrected chi connectivity index (χ3v) is 6.65. The van der Waals surface area contributed by atoms with Crippen LogP contribution in [0.25, 0.3) is 0 Å². The molecule has 2 N–H and O–H groups in total. The van der Waals surface area contributed by atoms with E-state index >= 15 is 0 Å². The lowest BCUT2D eigenvalue weighted by molar-refractivity contribution is -0.142. The van der Waals surface area contributed by atoms with Gasteiger partial charge in [-0.3, -0.25) is 9.59 Å². The van der Waals surface area contributed by atoms with E-state index in [2.05, 4.69) is 24.5 Å². The van der Waals surface area contributed by atoms with Crippen molar-refractivity contribution in [3.63, 3.8) is 0 Å². The number of benzene rings is 1. The highest BCUT2D eigenvalue weighted by Crippen LogP contribution is 2.28. The zero-order chi connectivity index (χ0) is 28.0. The standard InChI is InChI=1S/C29H49N3O4S/c1-9-11-13-18-32(27(34)24(16-19-37-8)31-28(35)36-29(5,6)7)25(26(33)30-17-12-10-2)23-20-21(3)14-15-22(23)4/h14-15,20,24-25H,9-13,16-19H2,1-8H3,(H,30,33)(H,31,35). The van der Waals surface area contributed by atoms with Crippen molar-refractivity contribution >= 4 is 29.7 Å². The molecule has 1 aromatic rings. The molecule has 0 spiro atoms. The number of rotatable bonds is 15. The molecule has 1 rings (SSSR count). The summed E-state index contributed by atoms with van der Waals surface area (Å²) in [6.45, 7) is 14.5. The van der Waals surface area contributed by atoms with Crippen LogP contribution in [-0.2, 0) is 14.3 Å². The van der Waals surface area contributed by atoms with Gasteiger partial charge in [0.25, 0.3) is 0 Å². The van der Waals surface area contributed by atoms with Crippen LogP contribution in [0.15, 0.2) is 18.2 Å². The van der Waals surface area contributed by atoms with E-state index in [-0.39, 0.29) is 11.8 Å². The number of carbonyl (C=O) groups is 3. The molecule has 0 aliphatic rings. The molecule has 0 saturated carbocycles. The minimum atomic E-state index is -0.792. The Morgan fingerprint density at radius 3 is 2.32 bits per heavy atom. The van der Waals surface area contributed by atoms with E-state index in [1.54, 1.807) is 37.4 Å². The van der Waals surface area contributed by atoms with E-state index in [0.29, 0.717) is 25.3 Å². The SMILES string of the molecule is CCCCCN(C(=O)C(CCSC)NC(=O)OC(C)(C)C)C(C(=O)NCCCC)c1cc(C)ccc1C. The molecular weight excluding hydrogens is 486 g/mol. The van der Waals surface area contributed by atoms with Crippen LogP contribution in [0.4, 0.5) is 4.79 Å². The fraction of sp³-hybridized carbons (Fsp3) is 0.690. The van der Waals surface area contributed by atoms with Crippen molar-refractivity contribution in [3.8, 4) is 0 Å². The zero-order valence-corrected chi connectivity index (χ0v) is 25.1. The number of amides is 3. The number of aryl methyl sites for hydroxylation is 2. The molecule has 0 fully saturated rings. The number of thioether (sulfide) groups is 1. The molecule has 0 bridgehead atoms. The monoisotopic (exact) mass is 535 g/mol. The Hall–Kier alpha value is -2.22. The summed E-state index contributed by atoms with van der Waals surface area (Å²) in [5.41, 5.74) is 2.12. The smallest absolute Gasteiger partial charge is 0.408 e. The number of alkyl carbamates (subject to hydrolysis) is 1. The van der Waals surface area contributed by atoms with Gasteiger partial charge in [-0.25, -0.2) is 4.79 Å². The molecule has 7 nitrogen and oxygen atoms in total. The first-order valence-corrected chi connectivity index (χ1v) is 15.0. The maximum absolute atomic E-state index is 14.2. The fourth-order valence-corrected chi connectivity index (χ4v) is 4.50. The summed E-state index contributed by atoms with van der Waals surface area (Å²) < 4.78 is 5.46. The molecule has 8 heteroatoms. The van der Waals surface area contributed by atoms with Gasteiger partial charge in [0.15, 0.2) is 0 Å². The molecule has 37 heavy (non-hydrogen) atoms.